The molecule has 0 spiro atoms. The highest BCUT2D eigenvalue weighted by molar-refractivity contribution is 7.92. The summed E-state index contributed by atoms with van der Waals surface area (Å²) in [7, 11) is -3.66. The molecule has 2 aromatic rings. The number of nitrogens with one attached hydrogen (secondary N) is 1. The summed E-state index contributed by atoms with van der Waals surface area (Å²) in [5, 5.41) is 12.7. The van der Waals surface area contributed by atoms with Gasteiger partial charge in [-0.3, -0.25) is 14.4 Å². The molecule has 0 saturated heterocycles. The molecule has 7 nitrogen and oxygen atoms in total. The Bertz CT molecular complexity index is 682. The normalized spacial score (nSPS) is 11.5. The molecule has 2 aromatic heterocycles. The number of hydrogen-bond donors (Lipinski definition) is 2. The quantitative estimate of drug-likeness (QED) is 0.820. The number of nitrogens with zero attached hydrogens (tertiary/aromatic N) is 3. The zero-order chi connectivity index (χ0) is 14.6. The van der Waals surface area contributed by atoms with Gasteiger partial charge in [0.15, 0.2) is 0 Å². The second kappa shape index (κ2) is 6.02. The van der Waals surface area contributed by atoms with Gasteiger partial charge >= 0.3 is 0 Å². The lowest BCUT2D eigenvalue weighted by atomic mass is 10.3. The lowest BCUT2D eigenvalue weighted by Crippen LogP contribution is -2.13. The maximum Gasteiger partial charge on any atom is 0.265 e. The molecule has 20 heavy (non-hydrogen) atoms. The Hall–Kier alpha value is -1.93. The van der Waals surface area contributed by atoms with Crippen molar-refractivity contribution in [3.63, 3.8) is 0 Å². The molecule has 0 saturated carbocycles. The number of anilines is 1. The van der Waals surface area contributed by atoms with E-state index in [9.17, 15) is 8.42 Å². The lowest BCUT2D eigenvalue weighted by molar-refractivity contribution is 0.277. The van der Waals surface area contributed by atoms with Gasteiger partial charge in [-0.25, -0.2) is 8.42 Å². The number of aromatic nitrogens is 3. The molecular formula is C12H16N4O3S. The van der Waals surface area contributed by atoms with Crippen molar-refractivity contribution in [1.29, 1.82) is 0 Å². The maximum atomic E-state index is 12.2. The molecule has 0 aliphatic heterocycles. The average molecular weight is 296 g/mol. The molecule has 0 amide bonds. The fourth-order valence-corrected chi connectivity index (χ4v) is 2.71. The van der Waals surface area contributed by atoms with E-state index < -0.39 is 10.0 Å². The van der Waals surface area contributed by atoms with Gasteiger partial charge in [-0.1, -0.05) is 0 Å². The largest absolute Gasteiger partial charge is 0.396 e. The van der Waals surface area contributed by atoms with Gasteiger partial charge in [0.05, 0.1) is 11.9 Å². The first-order valence-corrected chi connectivity index (χ1v) is 7.58. The summed E-state index contributed by atoms with van der Waals surface area (Å²) in [6.45, 7) is 2.28. The van der Waals surface area contributed by atoms with Gasteiger partial charge in [0.1, 0.15) is 4.90 Å². The topological polar surface area (TPSA) is 97.1 Å². The Morgan fingerprint density at radius 2 is 2.20 bits per heavy atom. The Labute approximate surface area is 117 Å². The zero-order valence-corrected chi connectivity index (χ0v) is 11.8. The van der Waals surface area contributed by atoms with Crippen LogP contribution in [0.5, 0.6) is 0 Å². The van der Waals surface area contributed by atoms with Gasteiger partial charge in [-0.15, -0.1) is 0 Å². The van der Waals surface area contributed by atoms with Crippen molar-refractivity contribution in [2.24, 2.45) is 0 Å². The molecule has 2 N–H and O–H groups in total. The van der Waals surface area contributed by atoms with Gasteiger partial charge in [-0.05, 0) is 25.0 Å². The van der Waals surface area contributed by atoms with Crippen LogP contribution < -0.4 is 4.72 Å². The summed E-state index contributed by atoms with van der Waals surface area (Å²) in [6.07, 6.45) is 6.36. The lowest BCUT2D eigenvalue weighted by Gasteiger charge is -2.08. The van der Waals surface area contributed by atoms with E-state index in [-0.39, 0.29) is 11.5 Å². The summed E-state index contributed by atoms with van der Waals surface area (Å²) in [5.74, 6) is 0. The smallest absolute Gasteiger partial charge is 0.265 e. The van der Waals surface area contributed by atoms with Crippen LogP contribution >= 0.6 is 0 Å². The molecule has 0 aliphatic rings. The van der Waals surface area contributed by atoms with E-state index in [0.29, 0.717) is 18.7 Å². The standard InChI is InChI=1S/C12H16N4O3S/c1-10-7-13-4-3-12(10)15-20(18,19)11-8-14-16(9-11)5-2-6-17/h3-4,7-9,17H,2,5-6H2,1H3,(H,13,15). The minimum atomic E-state index is -3.66. The third-order valence-corrected chi connectivity index (χ3v) is 4.05. The number of aryl methyl sites for hydroxylation is 2. The van der Waals surface area contributed by atoms with Crippen molar-refractivity contribution in [3.8, 4) is 0 Å². The molecule has 0 bridgehead atoms. The Kier molecular flexibility index (Phi) is 4.35. The highest BCUT2D eigenvalue weighted by Gasteiger charge is 2.17. The third kappa shape index (κ3) is 3.34. The van der Waals surface area contributed by atoms with E-state index in [1.54, 1.807) is 19.2 Å². The molecule has 0 aliphatic carbocycles. The maximum absolute atomic E-state index is 12.2. The SMILES string of the molecule is Cc1cnccc1NS(=O)(=O)c1cnn(CCCO)c1. The average Bonchev–Trinajstić information content (AvgIpc) is 2.88. The van der Waals surface area contributed by atoms with Crippen molar-refractivity contribution in [3.05, 3.63) is 36.4 Å². The Balaban J connectivity index is 2.18. The number of aliphatic hydroxyl groups excluding tert-OH is 1. The molecule has 0 radical (unpaired) electrons. The number of aliphatic hydroxyl groups is 1. The number of rotatable bonds is 6. The molecule has 0 unspecified atom stereocenters. The van der Waals surface area contributed by atoms with Gasteiger partial charge in [-0.2, -0.15) is 5.10 Å². The fraction of sp³-hybridized carbons (Fsp3) is 0.333. The molecule has 2 rings (SSSR count). The first-order valence-electron chi connectivity index (χ1n) is 6.09. The third-order valence-electron chi connectivity index (χ3n) is 2.73. The molecule has 108 valence electrons. The number of pyridine rings is 1. The van der Waals surface area contributed by atoms with Crippen LogP contribution in [-0.2, 0) is 16.6 Å². The summed E-state index contributed by atoms with van der Waals surface area (Å²) >= 11 is 0. The highest BCUT2D eigenvalue weighted by atomic mass is 32.2. The predicted octanol–water partition coefficient (Wildman–Crippen LogP) is 0.770. The first-order chi connectivity index (χ1) is 9.53. The number of hydrogen-bond acceptors (Lipinski definition) is 5. The van der Waals surface area contributed by atoms with E-state index in [0.717, 1.165) is 5.56 Å². The van der Waals surface area contributed by atoms with Crippen molar-refractivity contribution in [2.75, 3.05) is 11.3 Å². The summed E-state index contributed by atoms with van der Waals surface area (Å²) < 4.78 is 28.4. The van der Waals surface area contributed by atoms with Crippen molar-refractivity contribution in [2.45, 2.75) is 24.8 Å². The zero-order valence-electron chi connectivity index (χ0n) is 11.0. The van der Waals surface area contributed by atoms with Crippen LogP contribution in [0.2, 0.25) is 0 Å². The van der Waals surface area contributed by atoms with Crippen LogP contribution in [0.4, 0.5) is 5.69 Å². The van der Waals surface area contributed by atoms with Crippen molar-refractivity contribution < 1.29 is 13.5 Å². The molecular weight excluding hydrogens is 280 g/mol. The van der Waals surface area contributed by atoms with E-state index in [2.05, 4.69) is 14.8 Å². The van der Waals surface area contributed by atoms with Crippen LogP contribution in [-0.4, -0.2) is 34.9 Å². The Morgan fingerprint density at radius 1 is 1.40 bits per heavy atom. The predicted molar refractivity (Wildman–Crippen MR) is 73.7 cm³/mol. The molecule has 8 heteroatoms. The summed E-state index contributed by atoms with van der Waals surface area (Å²) in [5.41, 5.74) is 1.23. The van der Waals surface area contributed by atoms with Crippen LogP contribution in [0.25, 0.3) is 0 Å². The van der Waals surface area contributed by atoms with Crippen molar-refractivity contribution in [1.82, 2.24) is 14.8 Å². The van der Waals surface area contributed by atoms with Crippen molar-refractivity contribution >= 4 is 15.7 Å². The van der Waals surface area contributed by atoms with E-state index in [1.165, 1.54) is 23.3 Å². The van der Waals surface area contributed by atoms with E-state index >= 15 is 0 Å². The first kappa shape index (κ1) is 14.5. The fourth-order valence-electron chi connectivity index (χ4n) is 1.63. The van der Waals surface area contributed by atoms with Crippen LogP contribution in [0.1, 0.15) is 12.0 Å². The van der Waals surface area contributed by atoms with Gasteiger partial charge in [0.25, 0.3) is 10.0 Å². The second-order valence-corrected chi connectivity index (χ2v) is 5.99. The van der Waals surface area contributed by atoms with Gasteiger partial charge in [0, 0.05) is 31.7 Å². The molecule has 0 aromatic carbocycles. The van der Waals surface area contributed by atoms with E-state index in [1.807, 2.05) is 0 Å². The van der Waals surface area contributed by atoms with Crippen LogP contribution in [0, 0.1) is 6.92 Å². The van der Waals surface area contributed by atoms with Gasteiger partial charge < -0.3 is 5.11 Å². The molecule has 0 fully saturated rings. The highest BCUT2D eigenvalue weighted by Crippen LogP contribution is 2.18. The summed E-state index contributed by atoms with van der Waals surface area (Å²) in [4.78, 5) is 4.00. The second-order valence-electron chi connectivity index (χ2n) is 4.31. The molecule has 0 atom stereocenters. The van der Waals surface area contributed by atoms with Gasteiger partial charge in [0.2, 0.25) is 0 Å². The molecule has 2 heterocycles. The summed E-state index contributed by atoms with van der Waals surface area (Å²) in [6, 6.07) is 1.60. The van der Waals surface area contributed by atoms with E-state index in [4.69, 9.17) is 5.11 Å². The minimum Gasteiger partial charge on any atom is -0.396 e. The monoisotopic (exact) mass is 296 g/mol. The Morgan fingerprint density at radius 3 is 2.90 bits per heavy atom. The number of sulfonamides is 1. The van der Waals surface area contributed by atoms with Crippen LogP contribution in [0.3, 0.4) is 0 Å². The van der Waals surface area contributed by atoms with Crippen LogP contribution in [0.15, 0.2) is 35.7 Å². The minimum absolute atomic E-state index is 0.0381.